The molecule has 21 heavy (non-hydrogen) atoms. The Kier molecular flexibility index (Phi) is 4.19. The van der Waals surface area contributed by atoms with Crippen LogP contribution in [0.25, 0.3) is 0 Å². The van der Waals surface area contributed by atoms with E-state index in [9.17, 15) is 13.2 Å². The highest BCUT2D eigenvalue weighted by Gasteiger charge is 2.19. The first-order valence-corrected chi connectivity index (χ1v) is 8.09. The molecule has 0 saturated carbocycles. The van der Waals surface area contributed by atoms with E-state index in [0.29, 0.717) is 16.3 Å². The number of nitrogens with zero attached hydrogens (tertiary/aromatic N) is 3. The minimum Gasteiger partial charge on any atom is -0.481 e. The van der Waals surface area contributed by atoms with Crippen molar-refractivity contribution in [2.75, 3.05) is 4.72 Å². The number of sulfonamides is 1. The Bertz CT molecular complexity index is 785. The van der Waals surface area contributed by atoms with Crippen molar-refractivity contribution in [1.82, 2.24) is 15.2 Å². The summed E-state index contributed by atoms with van der Waals surface area (Å²) >= 11 is 0.887. The van der Waals surface area contributed by atoms with Gasteiger partial charge in [-0.3, -0.25) is 4.79 Å². The quantitative estimate of drug-likeness (QED) is 0.838. The molecule has 0 atom stereocenters. The molecular formula is C11H12N4O4S2. The van der Waals surface area contributed by atoms with Crippen molar-refractivity contribution in [2.24, 2.45) is 0 Å². The molecule has 0 aromatic carbocycles. The minimum absolute atomic E-state index is 0.000535. The van der Waals surface area contributed by atoms with Crippen LogP contribution in [0.5, 0.6) is 0 Å². The number of aromatic nitrogens is 3. The Morgan fingerprint density at radius 3 is 2.62 bits per heavy atom. The summed E-state index contributed by atoms with van der Waals surface area (Å²) in [7, 11) is -3.85. The van der Waals surface area contributed by atoms with Crippen LogP contribution in [0.2, 0.25) is 0 Å². The molecule has 0 aliphatic heterocycles. The molecule has 8 nitrogen and oxygen atoms in total. The molecule has 2 aromatic heterocycles. The number of carboxylic acids is 1. The largest absolute Gasteiger partial charge is 0.481 e. The first-order valence-electron chi connectivity index (χ1n) is 5.79. The highest BCUT2D eigenvalue weighted by Crippen LogP contribution is 2.23. The lowest BCUT2D eigenvalue weighted by Gasteiger charge is -2.05. The lowest BCUT2D eigenvalue weighted by molar-refractivity contribution is -0.136. The number of hydrogen-bond acceptors (Lipinski definition) is 7. The number of carboxylic acid groups (broad SMARTS) is 1. The molecule has 2 rings (SSSR count). The highest BCUT2D eigenvalue weighted by atomic mass is 32.2. The van der Waals surface area contributed by atoms with Crippen LogP contribution in [0.1, 0.15) is 16.3 Å². The third-order valence-corrected chi connectivity index (χ3v) is 5.45. The lowest BCUT2D eigenvalue weighted by atomic mass is 10.3. The third kappa shape index (κ3) is 3.73. The van der Waals surface area contributed by atoms with E-state index in [1.165, 1.54) is 12.1 Å². The van der Waals surface area contributed by atoms with Crippen LogP contribution in [0, 0.1) is 13.8 Å². The second-order valence-corrected chi connectivity index (χ2v) is 7.28. The van der Waals surface area contributed by atoms with Gasteiger partial charge in [0.15, 0.2) is 0 Å². The van der Waals surface area contributed by atoms with Gasteiger partial charge in [0.25, 0.3) is 16.0 Å². The molecule has 0 bridgehead atoms. The molecule has 10 heteroatoms. The van der Waals surface area contributed by atoms with Gasteiger partial charge in [0.2, 0.25) is 0 Å². The fourth-order valence-electron chi connectivity index (χ4n) is 1.42. The van der Waals surface area contributed by atoms with Crippen molar-refractivity contribution in [3.8, 4) is 0 Å². The van der Waals surface area contributed by atoms with Crippen LogP contribution in [0.3, 0.4) is 0 Å². The van der Waals surface area contributed by atoms with Crippen LogP contribution in [0.4, 0.5) is 5.95 Å². The average molecular weight is 328 g/mol. The van der Waals surface area contributed by atoms with Crippen LogP contribution in [-0.2, 0) is 21.2 Å². The summed E-state index contributed by atoms with van der Waals surface area (Å²) in [6.45, 7) is 3.41. The Labute approximate surface area is 124 Å². The summed E-state index contributed by atoms with van der Waals surface area (Å²) in [6, 6.07) is 2.81. The van der Waals surface area contributed by atoms with Crippen LogP contribution in [-0.4, -0.2) is 34.7 Å². The van der Waals surface area contributed by atoms with Crippen molar-refractivity contribution in [2.45, 2.75) is 24.5 Å². The van der Waals surface area contributed by atoms with E-state index in [1.54, 1.807) is 13.8 Å². The fourth-order valence-corrected chi connectivity index (χ4v) is 3.70. The van der Waals surface area contributed by atoms with E-state index in [2.05, 4.69) is 19.9 Å². The number of aryl methyl sites for hydroxylation is 2. The maximum Gasteiger partial charge on any atom is 0.308 e. The van der Waals surface area contributed by atoms with Crippen molar-refractivity contribution in [3.05, 3.63) is 28.4 Å². The number of carbonyl (C=O) groups is 1. The van der Waals surface area contributed by atoms with Gasteiger partial charge < -0.3 is 5.11 Å². The standard InChI is InChI=1S/C11H12N4O4S2/c1-6-7(2)13-14-11(12-6)15-21(18,19)10-4-3-8(20-10)5-9(16)17/h3-4H,5H2,1-2H3,(H,16,17)(H,12,14,15). The van der Waals surface area contributed by atoms with Gasteiger partial charge in [-0.2, -0.15) is 5.10 Å². The van der Waals surface area contributed by atoms with Gasteiger partial charge in [-0.25, -0.2) is 18.1 Å². The lowest BCUT2D eigenvalue weighted by Crippen LogP contribution is -2.15. The second-order valence-electron chi connectivity index (χ2n) is 4.20. The van der Waals surface area contributed by atoms with E-state index >= 15 is 0 Å². The van der Waals surface area contributed by atoms with Crippen molar-refractivity contribution >= 4 is 33.3 Å². The van der Waals surface area contributed by atoms with E-state index in [-0.39, 0.29) is 16.6 Å². The van der Waals surface area contributed by atoms with Crippen molar-refractivity contribution in [3.63, 3.8) is 0 Å². The zero-order valence-corrected chi connectivity index (χ0v) is 12.8. The van der Waals surface area contributed by atoms with Crippen molar-refractivity contribution < 1.29 is 18.3 Å². The molecule has 0 spiro atoms. The Morgan fingerprint density at radius 1 is 1.29 bits per heavy atom. The van der Waals surface area contributed by atoms with Gasteiger partial charge in [0.1, 0.15) is 4.21 Å². The molecule has 0 aliphatic rings. The highest BCUT2D eigenvalue weighted by molar-refractivity contribution is 7.94. The maximum absolute atomic E-state index is 12.1. The maximum atomic E-state index is 12.1. The second kappa shape index (κ2) is 5.74. The number of aliphatic carboxylic acids is 1. The van der Waals surface area contributed by atoms with Crippen LogP contribution in [0.15, 0.2) is 16.3 Å². The number of thiophene rings is 1. The predicted octanol–water partition coefficient (Wildman–Crippen LogP) is 0.978. The van der Waals surface area contributed by atoms with Gasteiger partial charge >= 0.3 is 5.97 Å². The molecule has 2 heterocycles. The molecule has 112 valence electrons. The summed E-state index contributed by atoms with van der Waals surface area (Å²) in [4.78, 5) is 15.0. The summed E-state index contributed by atoms with van der Waals surface area (Å²) in [6.07, 6.45) is -0.220. The Balaban J connectivity index is 2.23. The smallest absolute Gasteiger partial charge is 0.308 e. The summed E-state index contributed by atoms with van der Waals surface area (Å²) in [5.41, 5.74) is 1.18. The normalized spacial score (nSPS) is 11.3. The van der Waals surface area contributed by atoms with E-state index in [0.717, 1.165) is 11.3 Å². The number of nitrogens with one attached hydrogen (secondary N) is 1. The zero-order valence-electron chi connectivity index (χ0n) is 11.2. The van der Waals surface area contributed by atoms with E-state index in [1.807, 2.05) is 0 Å². The third-order valence-electron chi connectivity index (χ3n) is 2.54. The molecule has 0 aliphatic carbocycles. The first-order chi connectivity index (χ1) is 9.78. The van der Waals surface area contributed by atoms with E-state index < -0.39 is 16.0 Å². The Hall–Kier alpha value is -2.07. The van der Waals surface area contributed by atoms with Gasteiger partial charge in [0, 0.05) is 4.88 Å². The minimum atomic E-state index is -3.85. The summed E-state index contributed by atoms with van der Waals surface area (Å²) in [5, 5.41) is 16.1. The molecule has 0 saturated heterocycles. The molecule has 2 N–H and O–H groups in total. The van der Waals surface area contributed by atoms with Gasteiger partial charge in [-0.15, -0.1) is 16.4 Å². The van der Waals surface area contributed by atoms with Gasteiger partial charge in [-0.1, -0.05) is 0 Å². The molecule has 0 fully saturated rings. The summed E-state index contributed by atoms with van der Waals surface area (Å²) in [5.74, 6) is -1.14. The first kappa shape index (κ1) is 15.3. The summed E-state index contributed by atoms with van der Waals surface area (Å²) < 4.78 is 26.5. The van der Waals surface area contributed by atoms with E-state index in [4.69, 9.17) is 5.11 Å². The fraction of sp³-hybridized carbons (Fsp3) is 0.273. The van der Waals surface area contributed by atoms with Gasteiger partial charge in [0.05, 0.1) is 17.8 Å². The topological polar surface area (TPSA) is 122 Å². The molecule has 0 unspecified atom stereocenters. The van der Waals surface area contributed by atoms with Crippen LogP contribution < -0.4 is 4.72 Å². The number of rotatable bonds is 5. The Morgan fingerprint density at radius 2 is 2.00 bits per heavy atom. The van der Waals surface area contributed by atoms with Gasteiger partial charge in [-0.05, 0) is 26.0 Å². The zero-order chi connectivity index (χ0) is 15.6. The predicted molar refractivity (Wildman–Crippen MR) is 75.8 cm³/mol. The van der Waals surface area contributed by atoms with Crippen molar-refractivity contribution in [1.29, 1.82) is 0 Å². The van der Waals surface area contributed by atoms with Crippen LogP contribution >= 0.6 is 11.3 Å². The average Bonchev–Trinajstić information content (AvgIpc) is 2.82. The molecule has 2 aromatic rings. The monoisotopic (exact) mass is 328 g/mol. The number of anilines is 1. The molecular weight excluding hydrogens is 316 g/mol. The molecule has 0 radical (unpaired) electrons. The SMILES string of the molecule is Cc1nnc(NS(=O)(=O)c2ccc(CC(=O)O)s2)nc1C. The molecule has 0 amide bonds. The number of hydrogen-bond donors (Lipinski definition) is 2.